The van der Waals surface area contributed by atoms with Crippen molar-refractivity contribution in [1.29, 1.82) is 0 Å². The second-order valence-corrected chi connectivity index (χ2v) is 6.45. The number of rotatable bonds is 5. The van der Waals surface area contributed by atoms with E-state index < -0.39 is 11.7 Å². The van der Waals surface area contributed by atoms with Crippen LogP contribution in [0.4, 0.5) is 15.8 Å². The van der Waals surface area contributed by atoms with E-state index in [1.165, 1.54) is 38.5 Å². The number of nitrogens with zero attached hydrogens (tertiary/aromatic N) is 1. The maximum Gasteiger partial charge on any atom is 0.255 e. The van der Waals surface area contributed by atoms with Gasteiger partial charge in [0.05, 0.1) is 19.2 Å². The minimum Gasteiger partial charge on any atom is -0.493 e. The Labute approximate surface area is 156 Å². The lowest BCUT2D eigenvalue weighted by atomic mass is 10.1. The molecule has 0 aliphatic carbocycles. The molecular weight excluding hydrogens is 359 g/mol. The molecule has 7 heteroatoms. The summed E-state index contributed by atoms with van der Waals surface area (Å²) in [4.78, 5) is 14.7. The minimum atomic E-state index is -0.411. The molecule has 1 fully saturated rings. The standard InChI is InChI=1S/C19H20ClFN2O3/c1-25-17-8-12(7-16(20)18(17)26-2)19(24)22-14-9-13(21)10-15(11-14)23-5-3-4-6-23/h7-11H,3-6H2,1-2H3,(H,22,24). The van der Waals surface area contributed by atoms with E-state index in [9.17, 15) is 9.18 Å². The van der Waals surface area contributed by atoms with Gasteiger partial charge in [0, 0.05) is 30.0 Å². The summed E-state index contributed by atoms with van der Waals surface area (Å²) in [7, 11) is 2.93. The summed E-state index contributed by atoms with van der Waals surface area (Å²) in [6.07, 6.45) is 2.17. The molecule has 1 N–H and O–H groups in total. The Morgan fingerprint density at radius 1 is 1.12 bits per heavy atom. The van der Waals surface area contributed by atoms with Gasteiger partial charge < -0.3 is 19.7 Å². The van der Waals surface area contributed by atoms with Crippen LogP contribution in [0.5, 0.6) is 11.5 Å². The second kappa shape index (κ2) is 7.83. The van der Waals surface area contributed by atoms with Gasteiger partial charge in [0.2, 0.25) is 0 Å². The van der Waals surface area contributed by atoms with Gasteiger partial charge in [-0.15, -0.1) is 0 Å². The topological polar surface area (TPSA) is 50.8 Å². The number of carbonyl (C=O) groups excluding carboxylic acids is 1. The van der Waals surface area contributed by atoms with Crippen LogP contribution in [0.25, 0.3) is 0 Å². The van der Waals surface area contributed by atoms with Crippen molar-refractivity contribution in [1.82, 2.24) is 0 Å². The highest BCUT2D eigenvalue weighted by Gasteiger charge is 2.17. The molecule has 1 aliphatic rings. The molecule has 138 valence electrons. The number of amides is 1. The summed E-state index contributed by atoms with van der Waals surface area (Å²) in [6, 6.07) is 7.56. The average molecular weight is 379 g/mol. The van der Waals surface area contributed by atoms with Gasteiger partial charge in [0.1, 0.15) is 5.82 Å². The van der Waals surface area contributed by atoms with Crippen molar-refractivity contribution in [3.8, 4) is 11.5 Å². The first-order valence-electron chi connectivity index (χ1n) is 8.30. The fourth-order valence-electron chi connectivity index (χ4n) is 3.06. The summed E-state index contributed by atoms with van der Waals surface area (Å²) in [5.41, 5.74) is 1.45. The normalized spacial score (nSPS) is 13.6. The van der Waals surface area contributed by atoms with Gasteiger partial charge in [0.25, 0.3) is 5.91 Å². The van der Waals surface area contributed by atoms with Gasteiger partial charge in [-0.25, -0.2) is 4.39 Å². The second-order valence-electron chi connectivity index (χ2n) is 6.04. The van der Waals surface area contributed by atoms with Crippen LogP contribution in [0.1, 0.15) is 23.2 Å². The van der Waals surface area contributed by atoms with Crippen LogP contribution in [-0.2, 0) is 0 Å². The van der Waals surface area contributed by atoms with Gasteiger partial charge in [0.15, 0.2) is 11.5 Å². The van der Waals surface area contributed by atoms with Gasteiger partial charge in [-0.2, -0.15) is 0 Å². The van der Waals surface area contributed by atoms with E-state index in [1.54, 1.807) is 6.07 Å². The molecule has 0 atom stereocenters. The maximum absolute atomic E-state index is 14.0. The third kappa shape index (κ3) is 3.85. The summed E-state index contributed by atoms with van der Waals surface area (Å²) >= 11 is 6.15. The number of hydrogen-bond donors (Lipinski definition) is 1. The molecule has 1 amide bonds. The zero-order valence-electron chi connectivity index (χ0n) is 14.6. The summed E-state index contributed by atoms with van der Waals surface area (Å²) in [6.45, 7) is 1.78. The lowest BCUT2D eigenvalue weighted by Gasteiger charge is -2.19. The average Bonchev–Trinajstić information content (AvgIpc) is 3.15. The van der Waals surface area contributed by atoms with Crippen molar-refractivity contribution in [2.24, 2.45) is 0 Å². The first kappa shape index (κ1) is 18.3. The van der Waals surface area contributed by atoms with E-state index in [1.807, 2.05) is 0 Å². The molecule has 0 saturated carbocycles. The first-order chi connectivity index (χ1) is 12.5. The highest BCUT2D eigenvalue weighted by atomic mass is 35.5. The molecule has 0 spiro atoms. The number of hydrogen-bond acceptors (Lipinski definition) is 4. The minimum absolute atomic E-state index is 0.258. The Morgan fingerprint density at radius 2 is 1.85 bits per heavy atom. The van der Waals surface area contributed by atoms with Crippen molar-refractivity contribution in [2.75, 3.05) is 37.5 Å². The molecule has 0 unspecified atom stereocenters. The number of methoxy groups -OCH3 is 2. The molecule has 1 aliphatic heterocycles. The van der Waals surface area contributed by atoms with E-state index in [-0.39, 0.29) is 5.02 Å². The lowest BCUT2D eigenvalue weighted by molar-refractivity contribution is 0.102. The summed E-state index contributed by atoms with van der Waals surface area (Å²) < 4.78 is 24.4. The SMILES string of the molecule is COc1cc(C(=O)Nc2cc(F)cc(N3CCCC3)c2)cc(Cl)c1OC. The largest absolute Gasteiger partial charge is 0.493 e. The van der Waals surface area contributed by atoms with E-state index in [0.717, 1.165) is 31.6 Å². The van der Waals surface area contributed by atoms with Crippen LogP contribution in [-0.4, -0.2) is 33.2 Å². The predicted octanol–water partition coefficient (Wildman–Crippen LogP) is 4.35. The Morgan fingerprint density at radius 3 is 2.50 bits per heavy atom. The molecule has 1 saturated heterocycles. The molecule has 26 heavy (non-hydrogen) atoms. The third-order valence-electron chi connectivity index (χ3n) is 4.31. The molecular formula is C19H20ClFN2O3. The molecule has 0 bridgehead atoms. The maximum atomic E-state index is 14.0. The van der Waals surface area contributed by atoms with Crippen molar-refractivity contribution in [3.05, 3.63) is 46.7 Å². The quantitative estimate of drug-likeness (QED) is 0.840. The number of ether oxygens (including phenoxy) is 2. The van der Waals surface area contributed by atoms with Crippen molar-refractivity contribution in [3.63, 3.8) is 0 Å². The smallest absolute Gasteiger partial charge is 0.255 e. The van der Waals surface area contributed by atoms with Crippen LogP contribution >= 0.6 is 11.6 Å². The Hall–Kier alpha value is -2.47. The first-order valence-corrected chi connectivity index (χ1v) is 8.68. The molecule has 5 nitrogen and oxygen atoms in total. The Kier molecular flexibility index (Phi) is 5.52. The predicted molar refractivity (Wildman–Crippen MR) is 100 cm³/mol. The number of carbonyl (C=O) groups is 1. The molecule has 3 rings (SSSR count). The van der Waals surface area contributed by atoms with Gasteiger partial charge in [-0.05, 0) is 43.2 Å². The zero-order valence-corrected chi connectivity index (χ0v) is 15.4. The van der Waals surface area contributed by atoms with E-state index in [4.69, 9.17) is 21.1 Å². The molecule has 0 aromatic heterocycles. The van der Waals surface area contributed by atoms with E-state index in [0.29, 0.717) is 22.7 Å². The fourth-order valence-corrected chi connectivity index (χ4v) is 3.34. The summed E-state index contributed by atoms with van der Waals surface area (Å²) in [5, 5.41) is 2.98. The van der Waals surface area contributed by atoms with Gasteiger partial charge in [-0.3, -0.25) is 4.79 Å². The van der Waals surface area contributed by atoms with Crippen LogP contribution in [0.3, 0.4) is 0 Å². The van der Waals surface area contributed by atoms with Crippen molar-refractivity contribution < 1.29 is 18.7 Å². The number of nitrogens with one attached hydrogen (secondary N) is 1. The molecule has 2 aromatic carbocycles. The van der Waals surface area contributed by atoms with Crippen molar-refractivity contribution in [2.45, 2.75) is 12.8 Å². The van der Waals surface area contributed by atoms with E-state index in [2.05, 4.69) is 10.2 Å². The molecule has 0 radical (unpaired) electrons. The highest BCUT2D eigenvalue weighted by Crippen LogP contribution is 2.36. The fraction of sp³-hybridized carbons (Fsp3) is 0.316. The lowest BCUT2D eigenvalue weighted by Crippen LogP contribution is -2.18. The monoisotopic (exact) mass is 378 g/mol. The van der Waals surface area contributed by atoms with Crippen LogP contribution < -0.4 is 19.7 Å². The number of anilines is 2. The van der Waals surface area contributed by atoms with Gasteiger partial charge >= 0.3 is 0 Å². The van der Waals surface area contributed by atoms with Gasteiger partial charge in [-0.1, -0.05) is 11.6 Å². The highest BCUT2D eigenvalue weighted by molar-refractivity contribution is 6.32. The van der Waals surface area contributed by atoms with E-state index >= 15 is 0 Å². The molecule has 2 aromatic rings. The number of halogens is 2. The van der Waals surface area contributed by atoms with Crippen LogP contribution in [0.15, 0.2) is 30.3 Å². The zero-order chi connectivity index (χ0) is 18.7. The van der Waals surface area contributed by atoms with Crippen LogP contribution in [0, 0.1) is 5.82 Å². The Balaban J connectivity index is 1.85. The Bertz CT molecular complexity index is 823. The molecule has 1 heterocycles. The van der Waals surface area contributed by atoms with Crippen molar-refractivity contribution >= 4 is 28.9 Å². The summed E-state index contributed by atoms with van der Waals surface area (Å²) in [5.74, 6) is -0.101. The number of benzene rings is 2. The third-order valence-corrected chi connectivity index (χ3v) is 4.59. The van der Waals surface area contributed by atoms with Crippen LogP contribution in [0.2, 0.25) is 5.02 Å².